The van der Waals surface area contributed by atoms with Crippen LogP contribution in [0.15, 0.2) is 53.5 Å². The van der Waals surface area contributed by atoms with Gasteiger partial charge >= 0.3 is 0 Å². The van der Waals surface area contributed by atoms with E-state index in [9.17, 15) is 18.4 Å². The average molecular weight is 394 g/mol. The van der Waals surface area contributed by atoms with E-state index in [1.54, 1.807) is 38.1 Å². The van der Waals surface area contributed by atoms with Crippen molar-refractivity contribution in [1.29, 1.82) is 0 Å². The summed E-state index contributed by atoms with van der Waals surface area (Å²) in [5.41, 5.74) is 1.25. The first-order valence-electron chi connectivity index (χ1n) is 8.80. The molecule has 2 aromatic heterocycles. The van der Waals surface area contributed by atoms with Crippen molar-refractivity contribution < 1.29 is 13.6 Å². The molecule has 6 nitrogen and oxygen atoms in total. The molecule has 4 aromatic rings. The van der Waals surface area contributed by atoms with E-state index >= 15 is 0 Å². The fourth-order valence-electron chi connectivity index (χ4n) is 3.26. The predicted molar refractivity (Wildman–Crippen MR) is 105 cm³/mol. The number of fused-ring (bicyclic) bond motifs is 1. The Morgan fingerprint density at radius 3 is 2.55 bits per heavy atom. The number of aromatic nitrogens is 3. The van der Waals surface area contributed by atoms with Crippen LogP contribution in [-0.2, 0) is 0 Å². The SMILES string of the molecule is Cc1c(C(=O)Nc2cnn(-c3ccc(F)cc3F)c2C)[nH]c(=O)c2ccccc12. The first-order valence-corrected chi connectivity index (χ1v) is 8.80. The van der Waals surface area contributed by atoms with Gasteiger partial charge in [-0.15, -0.1) is 0 Å². The van der Waals surface area contributed by atoms with Crippen molar-refractivity contribution >= 4 is 22.4 Å². The molecule has 0 bridgehead atoms. The summed E-state index contributed by atoms with van der Waals surface area (Å²) in [4.78, 5) is 27.7. The fourth-order valence-corrected chi connectivity index (χ4v) is 3.26. The lowest BCUT2D eigenvalue weighted by atomic mass is 10.1. The Hall–Kier alpha value is -3.81. The highest BCUT2D eigenvalue weighted by molar-refractivity contribution is 6.06. The lowest BCUT2D eigenvalue weighted by molar-refractivity contribution is 0.102. The van der Waals surface area contributed by atoms with Gasteiger partial charge < -0.3 is 10.3 Å². The number of halogens is 2. The fraction of sp³-hybridized carbons (Fsp3) is 0.0952. The van der Waals surface area contributed by atoms with Crippen LogP contribution in [0.25, 0.3) is 16.5 Å². The van der Waals surface area contributed by atoms with Gasteiger partial charge in [0.25, 0.3) is 11.5 Å². The van der Waals surface area contributed by atoms with Crippen LogP contribution in [0.5, 0.6) is 0 Å². The van der Waals surface area contributed by atoms with Crippen LogP contribution in [0.2, 0.25) is 0 Å². The monoisotopic (exact) mass is 394 g/mol. The van der Waals surface area contributed by atoms with Gasteiger partial charge in [0.15, 0.2) is 5.82 Å². The Balaban J connectivity index is 1.70. The molecule has 2 N–H and O–H groups in total. The summed E-state index contributed by atoms with van der Waals surface area (Å²) in [6.45, 7) is 3.39. The second kappa shape index (κ2) is 6.97. The normalized spacial score (nSPS) is 11.0. The highest BCUT2D eigenvalue weighted by atomic mass is 19.1. The van der Waals surface area contributed by atoms with E-state index in [0.29, 0.717) is 27.7 Å². The quantitative estimate of drug-likeness (QED) is 0.554. The Morgan fingerprint density at radius 2 is 1.83 bits per heavy atom. The van der Waals surface area contributed by atoms with Crippen molar-refractivity contribution in [2.45, 2.75) is 13.8 Å². The van der Waals surface area contributed by atoms with Crippen molar-refractivity contribution in [3.63, 3.8) is 0 Å². The minimum atomic E-state index is -0.774. The largest absolute Gasteiger partial charge is 0.318 e. The molecule has 0 saturated carbocycles. The standard InChI is InChI=1S/C21H16F2N4O2/c1-11-14-5-3-4-6-15(14)20(28)26-19(11)21(29)25-17-10-24-27(12(17)2)18-8-7-13(22)9-16(18)23/h3-10H,1-2H3,(H,25,29)(H,26,28). The molecule has 0 atom stereocenters. The van der Waals surface area contributed by atoms with Crippen LogP contribution in [0.3, 0.4) is 0 Å². The summed E-state index contributed by atoms with van der Waals surface area (Å²) in [6.07, 6.45) is 1.37. The minimum Gasteiger partial charge on any atom is -0.318 e. The summed E-state index contributed by atoms with van der Waals surface area (Å²) < 4.78 is 28.5. The van der Waals surface area contributed by atoms with E-state index in [1.165, 1.54) is 16.9 Å². The van der Waals surface area contributed by atoms with Gasteiger partial charge in [0, 0.05) is 11.5 Å². The third-order valence-corrected chi connectivity index (χ3v) is 4.81. The molecule has 0 radical (unpaired) electrons. The number of aromatic amines is 1. The molecule has 0 aliphatic rings. The summed E-state index contributed by atoms with van der Waals surface area (Å²) in [6, 6.07) is 10.2. The number of pyridine rings is 1. The second-order valence-corrected chi connectivity index (χ2v) is 6.61. The maximum absolute atomic E-state index is 14.1. The summed E-state index contributed by atoms with van der Waals surface area (Å²) in [5.74, 6) is -1.99. The lowest BCUT2D eigenvalue weighted by Crippen LogP contribution is -2.21. The van der Waals surface area contributed by atoms with Gasteiger partial charge in [-0.05, 0) is 43.0 Å². The number of aryl methyl sites for hydroxylation is 1. The van der Waals surface area contributed by atoms with Crippen LogP contribution in [0.4, 0.5) is 14.5 Å². The van der Waals surface area contributed by atoms with E-state index < -0.39 is 17.5 Å². The number of carbonyl (C=O) groups is 1. The molecule has 2 aromatic carbocycles. The maximum atomic E-state index is 14.1. The predicted octanol–water partition coefficient (Wildman–Crippen LogP) is 3.86. The van der Waals surface area contributed by atoms with Gasteiger partial charge in [0.2, 0.25) is 0 Å². The number of amides is 1. The number of carbonyl (C=O) groups excluding carboxylic acids is 1. The number of nitrogens with zero attached hydrogens (tertiary/aromatic N) is 2. The van der Waals surface area contributed by atoms with Crippen LogP contribution in [0, 0.1) is 25.5 Å². The number of hydrogen-bond acceptors (Lipinski definition) is 3. The molecule has 4 rings (SSSR count). The number of rotatable bonds is 3. The van der Waals surface area contributed by atoms with Crippen molar-refractivity contribution in [3.05, 3.63) is 87.6 Å². The van der Waals surface area contributed by atoms with Crippen LogP contribution in [-0.4, -0.2) is 20.7 Å². The maximum Gasteiger partial charge on any atom is 0.272 e. The van der Waals surface area contributed by atoms with Crippen molar-refractivity contribution in [2.24, 2.45) is 0 Å². The highest BCUT2D eigenvalue weighted by Crippen LogP contribution is 2.23. The number of benzene rings is 2. The molecule has 0 fully saturated rings. The smallest absolute Gasteiger partial charge is 0.272 e. The molecule has 0 saturated heterocycles. The Morgan fingerprint density at radius 1 is 1.10 bits per heavy atom. The third kappa shape index (κ3) is 3.18. The average Bonchev–Trinajstić information content (AvgIpc) is 3.05. The van der Waals surface area contributed by atoms with E-state index in [4.69, 9.17) is 0 Å². The number of anilines is 1. The van der Waals surface area contributed by atoms with E-state index in [2.05, 4.69) is 15.4 Å². The van der Waals surface area contributed by atoms with E-state index in [0.717, 1.165) is 12.1 Å². The third-order valence-electron chi connectivity index (χ3n) is 4.81. The molecule has 0 aliphatic heterocycles. The Kier molecular flexibility index (Phi) is 4.46. The molecule has 146 valence electrons. The minimum absolute atomic E-state index is 0.0553. The lowest BCUT2D eigenvalue weighted by Gasteiger charge is -2.10. The second-order valence-electron chi connectivity index (χ2n) is 6.61. The molecule has 0 unspecified atom stereocenters. The molecule has 1 amide bonds. The van der Waals surface area contributed by atoms with Crippen molar-refractivity contribution in [1.82, 2.24) is 14.8 Å². The first kappa shape index (κ1) is 18.5. The molecule has 29 heavy (non-hydrogen) atoms. The Labute approximate surface area is 163 Å². The summed E-state index contributed by atoms with van der Waals surface area (Å²) >= 11 is 0. The van der Waals surface area contributed by atoms with Gasteiger partial charge in [-0.2, -0.15) is 5.10 Å². The van der Waals surface area contributed by atoms with Gasteiger partial charge in [0.05, 0.1) is 17.6 Å². The molecule has 0 aliphatic carbocycles. The van der Waals surface area contributed by atoms with Gasteiger partial charge in [-0.3, -0.25) is 9.59 Å². The summed E-state index contributed by atoms with van der Waals surface area (Å²) in [5, 5.41) is 7.95. The topological polar surface area (TPSA) is 79.8 Å². The Bertz CT molecular complexity index is 1320. The zero-order chi connectivity index (χ0) is 20.7. The van der Waals surface area contributed by atoms with Crippen molar-refractivity contribution in [3.8, 4) is 5.69 Å². The number of hydrogen-bond donors (Lipinski definition) is 2. The molecular formula is C21H16F2N4O2. The zero-order valence-corrected chi connectivity index (χ0v) is 15.6. The zero-order valence-electron chi connectivity index (χ0n) is 15.6. The van der Waals surface area contributed by atoms with E-state index in [1.807, 2.05) is 0 Å². The van der Waals surface area contributed by atoms with Gasteiger partial charge in [0.1, 0.15) is 17.2 Å². The van der Waals surface area contributed by atoms with Crippen LogP contribution in [0.1, 0.15) is 21.7 Å². The highest BCUT2D eigenvalue weighted by Gasteiger charge is 2.18. The number of nitrogens with one attached hydrogen (secondary N) is 2. The van der Waals surface area contributed by atoms with Crippen molar-refractivity contribution in [2.75, 3.05) is 5.32 Å². The molecule has 8 heteroatoms. The summed E-state index contributed by atoms with van der Waals surface area (Å²) in [7, 11) is 0. The molecule has 2 heterocycles. The van der Waals surface area contributed by atoms with Crippen LogP contribution < -0.4 is 10.9 Å². The molecule has 0 spiro atoms. The first-order chi connectivity index (χ1) is 13.9. The van der Waals surface area contributed by atoms with Gasteiger partial charge in [-0.25, -0.2) is 13.5 Å². The molecular weight excluding hydrogens is 378 g/mol. The number of H-pyrrole nitrogens is 1. The van der Waals surface area contributed by atoms with E-state index in [-0.39, 0.29) is 16.9 Å². The van der Waals surface area contributed by atoms with Gasteiger partial charge in [-0.1, -0.05) is 18.2 Å². The van der Waals surface area contributed by atoms with Crippen LogP contribution >= 0.6 is 0 Å².